The molecule has 1 amide bonds. The largest absolute Gasteiger partial charge is 0.340 e. The molecule has 2 heterocycles. The first-order valence-corrected chi connectivity index (χ1v) is 7.20. The smallest absolute Gasteiger partial charge is 0.228 e. The number of nitrogens with one attached hydrogen (secondary N) is 1. The zero-order valence-electron chi connectivity index (χ0n) is 10.1. The van der Waals surface area contributed by atoms with Gasteiger partial charge >= 0.3 is 0 Å². The molecule has 2 fully saturated rings. The minimum atomic E-state index is -3.05. The summed E-state index contributed by atoms with van der Waals surface area (Å²) < 4.78 is 22.7. The minimum absolute atomic E-state index is 0. The molecule has 5 nitrogen and oxygen atoms in total. The van der Waals surface area contributed by atoms with E-state index < -0.39 is 14.6 Å². The van der Waals surface area contributed by atoms with E-state index in [0.29, 0.717) is 13.1 Å². The van der Waals surface area contributed by atoms with E-state index in [2.05, 4.69) is 5.32 Å². The Kier molecular flexibility index (Phi) is 4.11. The second-order valence-electron chi connectivity index (χ2n) is 5.19. The number of hydrogen-bond acceptors (Lipinski definition) is 4. The Morgan fingerprint density at radius 1 is 1.35 bits per heavy atom. The van der Waals surface area contributed by atoms with Gasteiger partial charge in [0.25, 0.3) is 0 Å². The summed E-state index contributed by atoms with van der Waals surface area (Å²) in [4.78, 5) is 13.7. The van der Waals surface area contributed by atoms with Gasteiger partial charge < -0.3 is 10.2 Å². The number of carbonyl (C=O) groups excluding carboxylic acids is 1. The van der Waals surface area contributed by atoms with E-state index >= 15 is 0 Å². The third-order valence-electron chi connectivity index (χ3n) is 3.49. The van der Waals surface area contributed by atoms with Gasteiger partial charge in [0, 0.05) is 26.2 Å². The van der Waals surface area contributed by atoms with Crippen LogP contribution < -0.4 is 5.32 Å². The topological polar surface area (TPSA) is 66.5 Å². The first kappa shape index (κ1) is 14.7. The molecule has 0 saturated carbocycles. The van der Waals surface area contributed by atoms with E-state index in [0.717, 1.165) is 13.1 Å². The molecule has 0 radical (unpaired) electrons. The van der Waals surface area contributed by atoms with Crippen molar-refractivity contribution in [1.82, 2.24) is 10.2 Å². The molecule has 0 atom stereocenters. The molecule has 0 aliphatic carbocycles. The predicted octanol–water partition coefficient (Wildman–Crippen LogP) is -0.337. The van der Waals surface area contributed by atoms with Crippen LogP contribution in [0.4, 0.5) is 0 Å². The van der Waals surface area contributed by atoms with Crippen molar-refractivity contribution < 1.29 is 13.2 Å². The van der Waals surface area contributed by atoms with Gasteiger partial charge in [0.2, 0.25) is 5.91 Å². The van der Waals surface area contributed by atoms with E-state index in [-0.39, 0.29) is 30.0 Å². The Labute approximate surface area is 108 Å². The summed E-state index contributed by atoms with van der Waals surface area (Å²) in [5, 5.41) is 3.05. The number of amides is 1. The lowest BCUT2D eigenvalue weighted by Crippen LogP contribution is -2.59. The summed E-state index contributed by atoms with van der Waals surface area (Å²) in [6.45, 7) is 5.51. The molecule has 0 spiro atoms. The van der Waals surface area contributed by atoms with Crippen LogP contribution in [0, 0.1) is 5.92 Å². The van der Waals surface area contributed by atoms with Gasteiger partial charge in [0.1, 0.15) is 0 Å². The molecule has 2 aliphatic heterocycles. The number of sulfone groups is 1. The third kappa shape index (κ3) is 2.58. The fraction of sp³-hybridized carbons (Fsp3) is 0.900. The van der Waals surface area contributed by atoms with Crippen LogP contribution in [-0.2, 0) is 14.6 Å². The number of nitrogens with zero attached hydrogens (tertiary/aromatic N) is 1. The average molecular weight is 283 g/mol. The normalized spacial score (nSPS) is 26.8. The van der Waals surface area contributed by atoms with Crippen molar-refractivity contribution in [3.8, 4) is 0 Å². The minimum Gasteiger partial charge on any atom is -0.340 e. The van der Waals surface area contributed by atoms with Crippen LogP contribution in [0.2, 0.25) is 0 Å². The number of carbonyl (C=O) groups is 1. The lowest BCUT2D eigenvalue weighted by molar-refractivity contribution is -0.137. The molecule has 0 unspecified atom stereocenters. The van der Waals surface area contributed by atoms with Crippen molar-refractivity contribution in [2.24, 2.45) is 5.92 Å². The van der Waals surface area contributed by atoms with E-state index in [4.69, 9.17) is 0 Å². The molecular formula is C10H19ClN2O3S. The summed E-state index contributed by atoms with van der Waals surface area (Å²) in [5.41, 5.74) is 0. The van der Waals surface area contributed by atoms with E-state index in [1.54, 1.807) is 18.7 Å². The molecule has 2 aliphatic rings. The van der Waals surface area contributed by atoms with Crippen molar-refractivity contribution in [2.75, 3.05) is 31.9 Å². The Morgan fingerprint density at radius 3 is 2.35 bits per heavy atom. The van der Waals surface area contributed by atoms with Gasteiger partial charge in [-0.05, 0) is 13.8 Å². The monoisotopic (exact) mass is 282 g/mol. The maximum atomic E-state index is 12.0. The molecule has 100 valence electrons. The Morgan fingerprint density at radius 2 is 1.94 bits per heavy atom. The summed E-state index contributed by atoms with van der Waals surface area (Å²) >= 11 is 0. The lowest BCUT2D eigenvalue weighted by Gasteiger charge is -2.40. The zero-order chi connectivity index (χ0) is 12.0. The van der Waals surface area contributed by atoms with E-state index in [9.17, 15) is 13.2 Å². The van der Waals surface area contributed by atoms with E-state index in [1.165, 1.54) is 0 Å². The van der Waals surface area contributed by atoms with Crippen molar-refractivity contribution in [3.05, 3.63) is 0 Å². The summed E-state index contributed by atoms with van der Waals surface area (Å²) in [5.74, 6) is 0.240. The highest BCUT2D eigenvalue weighted by atomic mass is 35.5. The van der Waals surface area contributed by atoms with Crippen LogP contribution in [-0.4, -0.2) is 55.9 Å². The van der Waals surface area contributed by atoms with Gasteiger partial charge in [-0.3, -0.25) is 4.79 Å². The number of rotatable bonds is 1. The molecule has 0 bridgehead atoms. The van der Waals surface area contributed by atoms with Gasteiger partial charge in [-0.2, -0.15) is 0 Å². The number of hydrogen-bond donors (Lipinski definition) is 1. The summed E-state index contributed by atoms with van der Waals surface area (Å²) in [6.07, 6.45) is 0. The first-order valence-electron chi connectivity index (χ1n) is 5.55. The average Bonchev–Trinajstić information content (AvgIpc) is 2.06. The van der Waals surface area contributed by atoms with Gasteiger partial charge in [-0.1, -0.05) is 0 Å². The Balaban J connectivity index is 0.00000144. The highest BCUT2D eigenvalue weighted by molar-refractivity contribution is 7.92. The number of halogens is 1. The van der Waals surface area contributed by atoms with Crippen LogP contribution in [0.25, 0.3) is 0 Å². The standard InChI is InChI=1S/C10H18N2O3S.ClH/c1-10(2)7-12(3-4-16(10,14)15)9(13)8-5-11-6-8;/h8,11H,3-7H2,1-2H3;1H. The Bertz CT molecular complexity index is 404. The Hall–Kier alpha value is -0.330. The van der Waals surface area contributed by atoms with Crippen LogP contribution >= 0.6 is 12.4 Å². The second kappa shape index (κ2) is 4.74. The quantitative estimate of drug-likeness (QED) is 0.715. The maximum absolute atomic E-state index is 12.0. The highest BCUT2D eigenvalue weighted by Gasteiger charge is 2.43. The molecule has 2 saturated heterocycles. The first-order chi connectivity index (χ1) is 7.33. The summed E-state index contributed by atoms with van der Waals surface area (Å²) in [6, 6.07) is 0. The molecule has 0 aromatic carbocycles. The van der Waals surface area contributed by atoms with Crippen LogP contribution in [0.15, 0.2) is 0 Å². The molecule has 0 aromatic heterocycles. The third-order valence-corrected chi connectivity index (χ3v) is 6.02. The second-order valence-corrected chi connectivity index (χ2v) is 7.94. The fourth-order valence-electron chi connectivity index (χ4n) is 2.05. The van der Waals surface area contributed by atoms with Gasteiger partial charge in [0.05, 0.1) is 16.4 Å². The molecule has 2 rings (SSSR count). The van der Waals surface area contributed by atoms with Crippen LogP contribution in [0.1, 0.15) is 13.8 Å². The van der Waals surface area contributed by atoms with Crippen molar-refractivity contribution in [1.29, 1.82) is 0 Å². The molecule has 0 aromatic rings. The van der Waals surface area contributed by atoms with Gasteiger partial charge in [-0.15, -0.1) is 12.4 Å². The lowest BCUT2D eigenvalue weighted by atomic mass is 10.0. The predicted molar refractivity (Wildman–Crippen MR) is 68.1 cm³/mol. The van der Waals surface area contributed by atoms with Gasteiger partial charge in [0.15, 0.2) is 9.84 Å². The highest BCUT2D eigenvalue weighted by Crippen LogP contribution is 2.25. The zero-order valence-corrected chi connectivity index (χ0v) is 11.7. The fourth-order valence-corrected chi connectivity index (χ4v) is 3.42. The van der Waals surface area contributed by atoms with Crippen molar-refractivity contribution in [3.63, 3.8) is 0 Å². The van der Waals surface area contributed by atoms with Crippen LogP contribution in [0.3, 0.4) is 0 Å². The van der Waals surface area contributed by atoms with Gasteiger partial charge in [-0.25, -0.2) is 8.42 Å². The summed E-state index contributed by atoms with van der Waals surface area (Å²) in [7, 11) is -3.05. The molecule has 1 N–H and O–H groups in total. The molecule has 17 heavy (non-hydrogen) atoms. The molecule has 7 heteroatoms. The SMILES string of the molecule is CC1(C)CN(C(=O)C2CNC2)CCS1(=O)=O.Cl. The maximum Gasteiger partial charge on any atom is 0.228 e. The van der Waals surface area contributed by atoms with E-state index in [1.807, 2.05) is 0 Å². The van der Waals surface area contributed by atoms with Crippen LogP contribution in [0.5, 0.6) is 0 Å². The molecular weight excluding hydrogens is 264 g/mol. The van der Waals surface area contributed by atoms with Crippen molar-refractivity contribution >= 4 is 28.2 Å². The van der Waals surface area contributed by atoms with Crippen molar-refractivity contribution in [2.45, 2.75) is 18.6 Å².